The molecule has 0 unspecified atom stereocenters. The van der Waals surface area contributed by atoms with Crippen molar-refractivity contribution in [2.24, 2.45) is 0 Å². The number of rotatable bonds is 4. The fourth-order valence-corrected chi connectivity index (χ4v) is 4.42. The van der Waals surface area contributed by atoms with Gasteiger partial charge >= 0.3 is 6.03 Å². The van der Waals surface area contributed by atoms with Crippen LogP contribution >= 0.6 is 0 Å². The lowest BCUT2D eigenvalue weighted by molar-refractivity contribution is 0.0308. The van der Waals surface area contributed by atoms with Crippen molar-refractivity contribution in [2.75, 3.05) is 39.3 Å². The Labute approximate surface area is 171 Å². The largest absolute Gasteiger partial charge is 0.487 e. The molecular formula is C22H29N5O2. The number of benzene rings is 1. The monoisotopic (exact) mass is 395 g/mol. The van der Waals surface area contributed by atoms with Crippen molar-refractivity contribution in [1.29, 1.82) is 0 Å². The summed E-state index contributed by atoms with van der Waals surface area (Å²) >= 11 is 0. The van der Waals surface area contributed by atoms with E-state index in [4.69, 9.17) is 4.74 Å². The number of amides is 2. The topological polar surface area (TPSA) is 53.8 Å². The highest BCUT2D eigenvalue weighted by atomic mass is 16.5. The van der Waals surface area contributed by atoms with Gasteiger partial charge in [0.15, 0.2) is 0 Å². The van der Waals surface area contributed by atoms with E-state index in [9.17, 15) is 4.79 Å². The highest BCUT2D eigenvalue weighted by Gasteiger charge is 2.36. The first-order chi connectivity index (χ1) is 14.3. The molecule has 5 rings (SSSR count). The van der Waals surface area contributed by atoms with Gasteiger partial charge in [-0.1, -0.05) is 6.42 Å². The third kappa shape index (κ3) is 3.96. The molecule has 2 aliphatic heterocycles. The summed E-state index contributed by atoms with van der Waals surface area (Å²) in [6.07, 6.45) is 10.7. The van der Waals surface area contributed by atoms with E-state index in [-0.39, 0.29) is 12.1 Å². The fourth-order valence-electron chi connectivity index (χ4n) is 4.42. The number of hydrogen-bond acceptors (Lipinski definition) is 4. The van der Waals surface area contributed by atoms with Crippen LogP contribution in [0.1, 0.15) is 25.7 Å². The van der Waals surface area contributed by atoms with Crippen molar-refractivity contribution >= 4 is 6.03 Å². The number of likely N-dealkylation sites (tertiary alicyclic amines) is 1. The number of ether oxygens (including phenoxy) is 1. The van der Waals surface area contributed by atoms with Gasteiger partial charge in [0, 0.05) is 50.3 Å². The van der Waals surface area contributed by atoms with Crippen LogP contribution < -0.4 is 4.74 Å². The van der Waals surface area contributed by atoms with Crippen LogP contribution in [0.2, 0.25) is 0 Å². The lowest BCUT2D eigenvalue weighted by atomic mass is 9.91. The zero-order valence-corrected chi connectivity index (χ0v) is 16.8. The predicted octanol–water partition coefficient (Wildman–Crippen LogP) is 2.62. The minimum absolute atomic E-state index is 0.0801. The van der Waals surface area contributed by atoms with Gasteiger partial charge in [0.1, 0.15) is 11.9 Å². The third-order valence-corrected chi connectivity index (χ3v) is 6.45. The van der Waals surface area contributed by atoms with Crippen molar-refractivity contribution in [2.45, 2.75) is 37.8 Å². The molecule has 1 aliphatic carbocycles. The van der Waals surface area contributed by atoms with E-state index in [0.717, 1.165) is 50.1 Å². The molecule has 0 radical (unpaired) electrons. The minimum atomic E-state index is 0.0801. The second kappa shape index (κ2) is 8.06. The zero-order chi connectivity index (χ0) is 19.6. The van der Waals surface area contributed by atoms with E-state index >= 15 is 0 Å². The maximum Gasteiger partial charge on any atom is 0.320 e. The maximum atomic E-state index is 12.8. The summed E-state index contributed by atoms with van der Waals surface area (Å²) in [5, 5.41) is 0. The van der Waals surface area contributed by atoms with Crippen molar-refractivity contribution < 1.29 is 9.53 Å². The van der Waals surface area contributed by atoms with Gasteiger partial charge in [-0.25, -0.2) is 9.78 Å². The number of hydrogen-bond donors (Lipinski definition) is 0. The lowest BCUT2D eigenvalue weighted by Gasteiger charge is -2.41. The molecule has 154 valence electrons. The SMILES string of the molecule is O=C(N1CCCN(C2CCC2)CC1)N1CC(Oc2ccc(-n3ccnc3)cc2)C1. The number of carbonyl (C=O) groups is 1. The number of aromatic nitrogens is 2. The molecule has 0 atom stereocenters. The van der Waals surface area contributed by atoms with Crippen LogP contribution in [-0.2, 0) is 0 Å². The number of imidazole rings is 1. The molecule has 7 heteroatoms. The van der Waals surface area contributed by atoms with Crippen LogP contribution in [0.3, 0.4) is 0 Å². The van der Waals surface area contributed by atoms with Crippen molar-refractivity contribution in [3.05, 3.63) is 43.0 Å². The molecule has 29 heavy (non-hydrogen) atoms. The Morgan fingerprint density at radius 3 is 2.48 bits per heavy atom. The average Bonchev–Trinajstić information content (AvgIpc) is 3.10. The van der Waals surface area contributed by atoms with E-state index in [2.05, 4.69) is 9.88 Å². The molecule has 1 aromatic heterocycles. The van der Waals surface area contributed by atoms with E-state index < -0.39 is 0 Å². The molecule has 2 amide bonds. The zero-order valence-electron chi connectivity index (χ0n) is 16.8. The highest BCUT2D eigenvalue weighted by molar-refractivity contribution is 5.75. The van der Waals surface area contributed by atoms with Gasteiger partial charge in [-0.2, -0.15) is 0 Å². The Kier molecular flexibility index (Phi) is 5.14. The van der Waals surface area contributed by atoms with E-state index in [1.165, 1.54) is 19.3 Å². The smallest absolute Gasteiger partial charge is 0.320 e. The number of nitrogens with zero attached hydrogens (tertiary/aromatic N) is 5. The molecule has 1 aromatic carbocycles. The summed E-state index contributed by atoms with van der Waals surface area (Å²) in [4.78, 5) is 23.5. The summed E-state index contributed by atoms with van der Waals surface area (Å²) in [6, 6.07) is 8.93. The highest BCUT2D eigenvalue weighted by Crippen LogP contribution is 2.26. The third-order valence-electron chi connectivity index (χ3n) is 6.45. The van der Waals surface area contributed by atoms with E-state index in [0.29, 0.717) is 13.1 Å². The Balaban J connectivity index is 1.09. The number of urea groups is 1. The molecule has 3 aliphatic rings. The van der Waals surface area contributed by atoms with Crippen LogP contribution in [0.4, 0.5) is 4.79 Å². The second-order valence-electron chi connectivity index (χ2n) is 8.35. The van der Waals surface area contributed by atoms with Crippen LogP contribution in [0.5, 0.6) is 5.75 Å². The molecule has 2 saturated heterocycles. The van der Waals surface area contributed by atoms with Crippen LogP contribution in [0, 0.1) is 0 Å². The number of carbonyl (C=O) groups excluding carboxylic acids is 1. The van der Waals surface area contributed by atoms with Crippen LogP contribution in [-0.4, -0.2) is 81.7 Å². The molecule has 1 saturated carbocycles. The van der Waals surface area contributed by atoms with E-state index in [1.54, 1.807) is 12.5 Å². The normalized spacial score (nSPS) is 21.4. The Morgan fingerprint density at radius 2 is 1.79 bits per heavy atom. The summed E-state index contributed by atoms with van der Waals surface area (Å²) in [6.45, 7) is 5.23. The summed E-state index contributed by atoms with van der Waals surface area (Å²) in [7, 11) is 0. The molecule has 0 spiro atoms. The Morgan fingerprint density at radius 1 is 0.966 bits per heavy atom. The lowest BCUT2D eigenvalue weighted by Crippen LogP contribution is -2.60. The summed E-state index contributed by atoms with van der Waals surface area (Å²) in [5.74, 6) is 0.844. The Hall–Kier alpha value is -2.54. The van der Waals surface area contributed by atoms with Crippen molar-refractivity contribution in [1.82, 2.24) is 24.3 Å². The molecule has 3 heterocycles. The van der Waals surface area contributed by atoms with Gasteiger partial charge in [0.25, 0.3) is 0 Å². The first-order valence-electron chi connectivity index (χ1n) is 10.8. The predicted molar refractivity (Wildman–Crippen MR) is 110 cm³/mol. The Bertz CT molecular complexity index is 812. The van der Waals surface area contributed by atoms with Gasteiger partial charge in [0.05, 0.1) is 19.4 Å². The molecular weight excluding hydrogens is 366 g/mol. The van der Waals surface area contributed by atoms with Crippen LogP contribution in [0.15, 0.2) is 43.0 Å². The maximum absolute atomic E-state index is 12.8. The second-order valence-corrected chi connectivity index (χ2v) is 8.35. The standard InChI is InChI=1S/C22H29N5O2/c28-22(25-11-2-10-24(13-14-25)18-3-1-4-18)27-15-21(16-27)29-20-7-5-19(6-8-20)26-12-9-23-17-26/h5-9,12,17-18,21H,1-4,10-11,13-16H2. The molecule has 7 nitrogen and oxygen atoms in total. The molecule has 3 fully saturated rings. The minimum Gasteiger partial charge on any atom is -0.487 e. The van der Waals surface area contributed by atoms with Gasteiger partial charge < -0.3 is 19.1 Å². The van der Waals surface area contributed by atoms with Crippen molar-refractivity contribution in [3.8, 4) is 11.4 Å². The summed E-state index contributed by atoms with van der Waals surface area (Å²) in [5.41, 5.74) is 1.05. The van der Waals surface area contributed by atoms with Gasteiger partial charge in [-0.15, -0.1) is 0 Å². The van der Waals surface area contributed by atoms with Gasteiger partial charge in [-0.05, 0) is 43.5 Å². The van der Waals surface area contributed by atoms with Crippen LogP contribution in [0.25, 0.3) is 5.69 Å². The fraction of sp³-hybridized carbons (Fsp3) is 0.545. The first-order valence-corrected chi connectivity index (χ1v) is 10.8. The quantitative estimate of drug-likeness (QED) is 0.799. The van der Waals surface area contributed by atoms with E-state index in [1.807, 2.05) is 44.8 Å². The van der Waals surface area contributed by atoms with Crippen molar-refractivity contribution in [3.63, 3.8) is 0 Å². The molecule has 2 aromatic rings. The molecule has 0 bridgehead atoms. The first kappa shape index (κ1) is 18.5. The molecule has 0 N–H and O–H groups in total. The van der Waals surface area contributed by atoms with Gasteiger partial charge in [0.2, 0.25) is 0 Å². The van der Waals surface area contributed by atoms with Gasteiger partial charge in [-0.3, -0.25) is 4.90 Å². The average molecular weight is 396 g/mol. The summed E-state index contributed by atoms with van der Waals surface area (Å²) < 4.78 is 8.00.